The molecule has 1 amide bonds. The number of rotatable bonds is 9. The van der Waals surface area contributed by atoms with Crippen molar-refractivity contribution in [2.75, 3.05) is 43.8 Å². The van der Waals surface area contributed by atoms with Crippen LogP contribution in [0, 0.1) is 5.92 Å². The summed E-state index contributed by atoms with van der Waals surface area (Å²) >= 11 is 0. The van der Waals surface area contributed by atoms with E-state index in [4.69, 9.17) is 0 Å². The summed E-state index contributed by atoms with van der Waals surface area (Å²) < 4.78 is 25.4. The van der Waals surface area contributed by atoms with E-state index in [-0.39, 0.29) is 5.91 Å². The van der Waals surface area contributed by atoms with Crippen molar-refractivity contribution in [1.82, 2.24) is 10.2 Å². The van der Waals surface area contributed by atoms with E-state index in [1.54, 1.807) is 12.1 Å². The number of para-hydroxylation sites is 1. The van der Waals surface area contributed by atoms with Crippen LogP contribution in [0.15, 0.2) is 30.3 Å². The van der Waals surface area contributed by atoms with Crippen LogP contribution in [0.2, 0.25) is 0 Å². The van der Waals surface area contributed by atoms with E-state index in [9.17, 15) is 13.2 Å². The molecule has 0 spiro atoms. The van der Waals surface area contributed by atoms with Crippen LogP contribution >= 0.6 is 0 Å². The van der Waals surface area contributed by atoms with Gasteiger partial charge in [0.2, 0.25) is 15.9 Å². The van der Waals surface area contributed by atoms with E-state index in [1.165, 1.54) is 23.4 Å². The topological polar surface area (TPSA) is 69.7 Å². The van der Waals surface area contributed by atoms with E-state index in [1.807, 2.05) is 18.2 Å². The summed E-state index contributed by atoms with van der Waals surface area (Å²) in [6.45, 7) is 3.30. The van der Waals surface area contributed by atoms with Crippen molar-refractivity contribution in [1.29, 1.82) is 0 Å². The Morgan fingerprint density at radius 1 is 1.23 bits per heavy atom. The van der Waals surface area contributed by atoms with Crippen LogP contribution in [-0.4, -0.2) is 58.7 Å². The Morgan fingerprint density at radius 2 is 1.88 bits per heavy atom. The van der Waals surface area contributed by atoms with Gasteiger partial charge in [-0.25, -0.2) is 8.42 Å². The first-order chi connectivity index (χ1) is 12.4. The summed E-state index contributed by atoms with van der Waals surface area (Å²) in [6.07, 6.45) is 5.47. The Morgan fingerprint density at radius 3 is 2.50 bits per heavy atom. The Balaban J connectivity index is 1.69. The third-order valence-corrected chi connectivity index (χ3v) is 6.12. The second-order valence-electron chi connectivity index (χ2n) is 7.16. The van der Waals surface area contributed by atoms with Gasteiger partial charge >= 0.3 is 0 Å². The molecule has 1 aliphatic heterocycles. The van der Waals surface area contributed by atoms with E-state index >= 15 is 0 Å². The van der Waals surface area contributed by atoms with Gasteiger partial charge in [-0.1, -0.05) is 18.2 Å². The Kier molecular flexibility index (Phi) is 7.90. The minimum absolute atomic E-state index is 0.000518. The Labute approximate surface area is 157 Å². The summed E-state index contributed by atoms with van der Waals surface area (Å²) in [5.41, 5.74) is 0.637. The van der Waals surface area contributed by atoms with E-state index in [2.05, 4.69) is 17.3 Å². The molecule has 1 aromatic rings. The van der Waals surface area contributed by atoms with E-state index in [0.29, 0.717) is 37.5 Å². The van der Waals surface area contributed by atoms with E-state index < -0.39 is 10.0 Å². The number of sulfonamides is 1. The molecule has 1 heterocycles. The minimum atomic E-state index is -3.35. The summed E-state index contributed by atoms with van der Waals surface area (Å²) in [5.74, 6) is 0.699. The highest BCUT2D eigenvalue weighted by molar-refractivity contribution is 7.92. The molecule has 1 aliphatic rings. The predicted molar refractivity (Wildman–Crippen MR) is 106 cm³/mol. The van der Waals surface area contributed by atoms with Gasteiger partial charge in [-0.15, -0.1) is 0 Å². The number of nitrogens with one attached hydrogen (secondary N) is 1. The molecule has 1 fully saturated rings. The lowest BCUT2D eigenvalue weighted by Crippen LogP contribution is -2.33. The van der Waals surface area contributed by atoms with Gasteiger partial charge in [-0.05, 0) is 63.9 Å². The first kappa shape index (κ1) is 20.7. The highest BCUT2D eigenvalue weighted by Gasteiger charge is 2.18. The number of carbonyl (C=O) groups excluding carboxylic acids is 1. The van der Waals surface area contributed by atoms with Gasteiger partial charge in [-0.3, -0.25) is 9.10 Å². The molecular formula is C19H31N3O3S. The number of hydrogen-bond donors (Lipinski definition) is 1. The lowest BCUT2D eigenvalue weighted by Gasteiger charge is -2.28. The lowest BCUT2D eigenvalue weighted by molar-refractivity contribution is -0.121. The second-order valence-corrected chi connectivity index (χ2v) is 9.07. The SMILES string of the molecule is CN1CCC(CCNC(=O)CCCN(c2ccccc2)S(C)(=O)=O)CC1. The van der Waals surface area contributed by atoms with Crippen molar-refractivity contribution in [3.05, 3.63) is 30.3 Å². The maximum atomic E-state index is 12.0. The largest absolute Gasteiger partial charge is 0.356 e. The highest BCUT2D eigenvalue weighted by Crippen LogP contribution is 2.19. The van der Waals surface area contributed by atoms with Gasteiger partial charge in [0.1, 0.15) is 0 Å². The normalized spacial score (nSPS) is 16.4. The monoisotopic (exact) mass is 381 g/mol. The van der Waals surface area contributed by atoms with Crippen LogP contribution in [0.4, 0.5) is 5.69 Å². The molecule has 6 nitrogen and oxygen atoms in total. The molecule has 26 heavy (non-hydrogen) atoms. The Bertz CT molecular complexity index is 656. The number of carbonyl (C=O) groups is 1. The molecule has 0 unspecified atom stereocenters. The smallest absolute Gasteiger partial charge is 0.232 e. The molecule has 146 valence electrons. The fraction of sp³-hybridized carbons (Fsp3) is 0.632. The van der Waals surface area contributed by atoms with Crippen molar-refractivity contribution >= 4 is 21.6 Å². The lowest BCUT2D eigenvalue weighted by atomic mass is 9.94. The van der Waals surface area contributed by atoms with Gasteiger partial charge in [0.15, 0.2) is 0 Å². The fourth-order valence-corrected chi connectivity index (χ4v) is 4.28. The van der Waals surface area contributed by atoms with Gasteiger partial charge < -0.3 is 10.2 Å². The first-order valence-electron chi connectivity index (χ1n) is 9.34. The van der Waals surface area contributed by atoms with Crippen molar-refractivity contribution in [2.45, 2.75) is 32.1 Å². The van der Waals surface area contributed by atoms with Gasteiger partial charge in [0, 0.05) is 19.5 Å². The number of anilines is 1. The molecule has 0 bridgehead atoms. The third kappa shape index (κ3) is 6.96. The predicted octanol–water partition coefficient (Wildman–Crippen LogP) is 2.08. The molecule has 0 aromatic heterocycles. The summed E-state index contributed by atoms with van der Waals surface area (Å²) in [4.78, 5) is 14.4. The number of nitrogens with zero attached hydrogens (tertiary/aromatic N) is 2. The third-order valence-electron chi connectivity index (χ3n) is 4.92. The zero-order chi connectivity index (χ0) is 19.0. The van der Waals surface area contributed by atoms with Crippen LogP contribution in [-0.2, 0) is 14.8 Å². The number of likely N-dealkylation sites (tertiary alicyclic amines) is 1. The summed E-state index contributed by atoms with van der Waals surface area (Å²) in [6, 6.07) is 9.00. The fourth-order valence-electron chi connectivity index (χ4n) is 3.32. The molecule has 0 saturated carbocycles. The molecule has 1 aromatic carbocycles. The van der Waals surface area contributed by atoms with Crippen LogP contribution in [0.1, 0.15) is 32.1 Å². The molecule has 1 saturated heterocycles. The second kappa shape index (κ2) is 9.92. The number of hydrogen-bond acceptors (Lipinski definition) is 4. The van der Waals surface area contributed by atoms with Gasteiger partial charge in [0.05, 0.1) is 11.9 Å². The number of benzene rings is 1. The molecule has 1 N–H and O–H groups in total. The highest BCUT2D eigenvalue weighted by atomic mass is 32.2. The molecule has 0 radical (unpaired) electrons. The number of piperidine rings is 1. The van der Waals surface area contributed by atoms with Crippen molar-refractivity contribution in [3.8, 4) is 0 Å². The molecule has 7 heteroatoms. The molecule has 0 aliphatic carbocycles. The van der Waals surface area contributed by atoms with Crippen LogP contribution in [0.5, 0.6) is 0 Å². The minimum Gasteiger partial charge on any atom is -0.356 e. The van der Waals surface area contributed by atoms with E-state index in [0.717, 1.165) is 19.5 Å². The zero-order valence-electron chi connectivity index (χ0n) is 15.9. The molecular weight excluding hydrogens is 350 g/mol. The van der Waals surface area contributed by atoms with Crippen LogP contribution < -0.4 is 9.62 Å². The maximum absolute atomic E-state index is 12.0. The first-order valence-corrected chi connectivity index (χ1v) is 11.2. The summed E-state index contributed by atoms with van der Waals surface area (Å²) in [5, 5.41) is 2.97. The van der Waals surface area contributed by atoms with Crippen molar-refractivity contribution < 1.29 is 13.2 Å². The molecule has 2 rings (SSSR count). The number of amides is 1. The molecule has 0 atom stereocenters. The average molecular weight is 382 g/mol. The quantitative estimate of drug-likeness (QED) is 0.711. The van der Waals surface area contributed by atoms with Crippen LogP contribution in [0.3, 0.4) is 0 Å². The maximum Gasteiger partial charge on any atom is 0.232 e. The average Bonchev–Trinajstić information content (AvgIpc) is 2.60. The van der Waals surface area contributed by atoms with Crippen molar-refractivity contribution in [2.24, 2.45) is 5.92 Å². The van der Waals surface area contributed by atoms with Crippen LogP contribution in [0.25, 0.3) is 0 Å². The Hall–Kier alpha value is -1.60. The van der Waals surface area contributed by atoms with Gasteiger partial charge in [-0.2, -0.15) is 0 Å². The summed E-state index contributed by atoms with van der Waals surface area (Å²) in [7, 11) is -1.21. The zero-order valence-corrected chi connectivity index (χ0v) is 16.7. The standard InChI is InChI=1S/C19H31N3O3S/c1-21-15-11-17(12-16-21)10-13-20-19(23)9-6-14-22(26(2,24)25)18-7-4-3-5-8-18/h3-5,7-8,17H,6,9-16H2,1-2H3,(H,20,23). The van der Waals surface area contributed by atoms with Gasteiger partial charge in [0.25, 0.3) is 0 Å². The van der Waals surface area contributed by atoms with Crippen molar-refractivity contribution in [3.63, 3.8) is 0 Å².